The van der Waals surface area contributed by atoms with E-state index in [9.17, 15) is 19.2 Å². The van der Waals surface area contributed by atoms with Crippen LogP contribution >= 0.6 is 39.1 Å². The molecule has 1 heterocycles. The van der Waals surface area contributed by atoms with E-state index in [1.165, 1.54) is 24.3 Å². The molecule has 0 bridgehead atoms. The number of carbonyl (C=O) groups is 4. The molecule has 3 aromatic carbocycles. The van der Waals surface area contributed by atoms with Gasteiger partial charge in [-0.15, -0.1) is 0 Å². The summed E-state index contributed by atoms with van der Waals surface area (Å²) in [7, 11) is 0. The molecular formula is C29H24BrCl2N3O6. The number of barbiturate groups is 1. The van der Waals surface area contributed by atoms with Gasteiger partial charge in [-0.1, -0.05) is 35.3 Å². The first-order valence-electron chi connectivity index (χ1n) is 12.3. The quantitative estimate of drug-likeness (QED) is 0.212. The molecule has 1 aliphatic heterocycles. The van der Waals surface area contributed by atoms with E-state index in [0.29, 0.717) is 15.7 Å². The molecule has 2 N–H and O–H groups in total. The largest absolute Gasteiger partial charge is 0.490 e. The average Bonchev–Trinajstić information content (AvgIpc) is 2.90. The molecule has 0 aromatic heterocycles. The number of anilines is 2. The van der Waals surface area contributed by atoms with Crippen LogP contribution in [0, 0.1) is 13.8 Å². The number of amides is 5. The Bertz CT molecular complexity index is 1610. The van der Waals surface area contributed by atoms with Crippen molar-refractivity contribution in [2.45, 2.75) is 20.8 Å². The Hall–Kier alpha value is -3.86. The van der Waals surface area contributed by atoms with E-state index < -0.39 is 17.8 Å². The summed E-state index contributed by atoms with van der Waals surface area (Å²) in [4.78, 5) is 51.8. The summed E-state index contributed by atoms with van der Waals surface area (Å²) in [5.74, 6) is -1.55. The lowest BCUT2D eigenvalue weighted by Crippen LogP contribution is -2.54. The lowest BCUT2D eigenvalue weighted by atomic mass is 10.1. The van der Waals surface area contributed by atoms with Crippen molar-refractivity contribution in [3.8, 4) is 11.5 Å². The van der Waals surface area contributed by atoms with Gasteiger partial charge in [0.1, 0.15) is 5.57 Å². The van der Waals surface area contributed by atoms with Crippen LogP contribution in [0.2, 0.25) is 10.0 Å². The van der Waals surface area contributed by atoms with Crippen molar-refractivity contribution in [2.75, 3.05) is 23.4 Å². The van der Waals surface area contributed by atoms with E-state index in [1.807, 2.05) is 32.0 Å². The summed E-state index contributed by atoms with van der Waals surface area (Å²) in [6.45, 7) is 5.57. The number of urea groups is 1. The van der Waals surface area contributed by atoms with Crippen LogP contribution in [0.25, 0.3) is 6.08 Å². The van der Waals surface area contributed by atoms with Gasteiger partial charge in [0.25, 0.3) is 17.7 Å². The van der Waals surface area contributed by atoms with Crippen molar-refractivity contribution in [2.24, 2.45) is 0 Å². The molecule has 9 nitrogen and oxygen atoms in total. The summed E-state index contributed by atoms with van der Waals surface area (Å²) in [5, 5.41) is 5.37. The number of aryl methyl sites for hydroxylation is 2. The Morgan fingerprint density at radius 1 is 1.02 bits per heavy atom. The van der Waals surface area contributed by atoms with Crippen LogP contribution in [-0.4, -0.2) is 37.0 Å². The van der Waals surface area contributed by atoms with Crippen LogP contribution in [0.4, 0.5) is 16.2 Å². The zero-order valence-electron chi connectivity index (χ0n) is 22.1. The zero-order valence-corrected chi connectivity index (χ0v) is 25.2. The number of imide groups is 2. The number of nitrogens with one attached hydrogen (secondary N) is 2. The standard InChI is InChI=1S/C29H24BrCl2N3O6/c1-4-40-24-12-17(11-20(30)26(24)41-14-25(36)33-23-9-15(2)5-6-16(23)3)10-19-27(37)34-29(39)35(28(19)38)18-7-8-21(31)22(32)13-18/h5-13H,4,14H2,1-3H3,(H,33,36)(H,34,37,39)/b19-10-. The van der Waals surface area contributed by atoms with Gasteiger partial charge in [-0.05, 0) is 95.9 Å². The van der Waals surface area contributed by atoms with E-state index in [1.54, 1.807) is 19.1 Å². The SMILES string of the molecule is CCOc1cc(/C=C2/C(=O)NC(=O)N(c3ccc(Cl)c(Cl)c3)C2=O)cc(Br)c1OCC(=O)Nc1cc(C)ccc1C. The maximum Gasteiger partial charge on any atom is 0.335 e. The van der Waals surface area contributed by atoms with Crippen molar-refractivity contribution < 1.29 is 28.7 Å². The molecule has 0 spiro atoms. The highest BCUT2D eigenvalue weighted by atomic mass is 79.9. The molecule has 0 unspecified atom stereocenters. The van der Waals surface area contributed by atoms with Crippen molar-refractivity contribution >= 4 is 80.3 Å². The van der Waals surface area contributed by atoms with Gasteiger partial charge in [-0.25, -0.2) is 9.69 Å². The second-order valence-electron chi connectivity index (χ2n) is 8.97. The van der Waals surface area contributed by atoms with Crippen LogP contribution in [0.3, 0.4) is 0 Å². The summed E-state index contributed by atoms with van der Waals surface area (Å²) >= 11 is 15.5. The van der Waals surface area contributed by atoms with Gasteiger partial charge in [-0.3, -0.25) is 19.7 Å². The van der Waals surface area contributed by atoms with Gasteiger partial charge in [0.05, 0.1) is 26.8 Å². The van der Waals surface area contributed by atoms with Crippen molar-refractivity contribution in [1.82, 2.24) is 5.32 Å². The van der Waals surface area contributed by atoms with E-state index >= 15 is 0 Å². The molecule has 212 valence electrons. The molecule has 0 atom stereocenters. The number of carbonyl (C=O) groups excluding carboxylic acids is 4. The van der Waals surface area contributed by atoms with Gasteiger partial charge in [0, 0.05) is 5.69 Å². The van der Waals surface area contributed by atoms with E-state index in [-0.39, 0.29) is 51.9 Å². The molecule has 0 saturated carbocycles. The number of rotatable bonds is 8. The fraction of sp³-hybridized carbons (Fsp3) is 0.172. The first-order chi connectivity index (χ1) is 19.5. The highest BCUT2D eigenvalue weighted by molar-refractivity contribution is 9.10. The van der Waals surface area contributed by atoms with Gasteiger partial charge in [0.15, 0.2) is 18.1 Å². The highest BCUT2D eigenvalue weighted by Crippen LogP contribution is 2.38. The predicted octanol–water partition coefficient (Wildman–Crippen LogP) is 6.46. The fourth-order valence-corrected chi connectivity index (χ4v) is 4.82. The summed E-state index contributed by atoms with van der Waals surface area (Å²) in [6.07, 6.45) is 1.32. The van der Waals surface area contributed by atoms with Crippen molar-refractivity contribution in [3.05, 3.63) is 85.3 Å². The van der Waals surface area contributed by atoms with Crippen LogP contribution in [-0.2, 0) is 14.4 Å². The summed E-state index contributed by atoms with van der Waals surface area (Å²) in [5.41, 5.74) is 2.85. The van der Waals surface area contributed by atoms with E-state index in [4.69, 9.17) is 32.7 Å². The molecule has 5 amide bonds. The lowest BCUT2D eigenvalue weighted by molar-refractivity contribution is -0.122. The number of hydrogen-bond acceptors (Lipinski definition) is 6. The highest BCUT2D eigenvalue weighted by Gasteiger charge is 2.37. The zero-order chi connectivity index (χ0) is 29.8. The van der Waals surface area contributed by atoms with Crippen LogP contribution in [0.1, 0.15) is 23.6 Å². The Morgan fingerprint density at radius 2 is 1.78 bits per heavy atom. The minimum atomic E-state index is -0.922. The third-order valence-electron chi connectivity index (χ3n) is 5.92. The number of halogens is 3. The third-order valence-corrected chi connectivity index (χ3v) is 7.25. The average molecular weight is 661 g/mol. The second kappa shape index (κ2) is 12.8. The van der Waals surface area contributed by atoms with Crippen LogP contribution in [0.15, 0.2) is 58.6 Å². The topological polar surface area (TPSA) is 114 Å². The minimum absolute atomic E-state index is 0.135. The monoisotopic (exact) mass is 659 g/mol. The third kappa shape index (κ3) is 6.90. The molecule has 1 saturated heterocycles. The Labute approximate surface area is 254 Å². The van der Waals surface area contributed by atoms with Crippen LogP contribution < -0.4 is 25.0 Å². The normalized spacial score (nSPS) is 14.2. The first kappa shape index (κ1) is 30.1. The van der Waals surface area contributed by atoms with E-state index in [2.05, 4.69) is 26.6 Å². The second-order valence-corrected chi connectivity index (χ2v) is 10.6. The molecule has 1 fully saturated rings. The summed E-state index contributed by atoms with van der Waals surface area (Å²) in [6, 6.07) is 12.2. The molecule has 0 aliphatic carbocycles. The van der Waals surface area contributed by atoms with Gasteiger partial charge >= 0.3 is 6.03 Å². The fourth-order valence-electron chi connectivity index (χ4n) is 3.95. The molecule has 12 heteroatoms. The van der Waals surface area contributed by atoms with Crippen molar-refractivity contribution in [3.63, 3.8) is 0 Å². The molecule has 4 rings (SSSR count). The van der Waals surface area contributed by atoms with E-state index in [0.717, 1.165) is 16.0 Å². The predicted molar refractivity (Wildman–Crippen MR) is 161 cm³/mol. The molecule has 1 aliphatic rings. The van der Waals surface area contributed by atoms with Crippen molar-refractivity contribution in [1.29, 1.82) is 0 Å². The Kier molecular flexibility index (Phi) is 9.37. The molecular weight excluding hydrogens is 637 g/mol. The maximum absolute atomic E-state index is 13.3. The van der Waals surface area contributed by atoms with Gasteiger partial charge in [0.2, 0.25) is 0 Å². The molecule has 0 radical (unpaired) electrons. The number of nitrogens with zero attached hydrogens (tertiary/aromatic N) is 1. The Balaban J connectivity index is 1.59. The Morgan fingerprint density at radius 3 is 2.49 bits per heavy atom. The van der Waals surface area contributed by atoms with Crippen LogP contribution in [0.5, 0.6) is 11.5 Å². The first-order valence-corrected chi connectivity index (χ1v) is 13.9. The number of hydrogen-bond donors (Lipinski definition) is 2. The molecule has 3 aromatic rings. The lowest BCUT2D eigenvalue weighted by Gasteiger charge is -2.26. The maximum atomic E-state index is 13.3. The summed E-state index contributed by atoms with van der Waals surface area (Å²) < 4.78 is 11.9. The van der Waals surface area contributed by atoms with Gasteiger partial charge in [-0.2, -0.15) is 0 Å². The minimum Gasteiger partial charge on any atom is -0.490 e. The van der Waals surface area contributed by atoms with Gasteiger partial charge < -0.3 is 14.8 Å². The number of benzene rings is 3. The molecule has 41 heavy (non-hydrogen) atoms. The number of ether oxygens (including phenoxy) is 2. The smallest absolute Gasteiger partial charge is 0.335 e.